The van der Waals surface area contributed by atoms with E-state index in [1.165, 1.54) is 17.8 Å². The summed E-state index contributed by atoms with van der Waals surface area (Å²) in [6, 6.07) is 7.82. The summed E-state index contributed by atoms with van der Waals surface area (Å²) >= 11 is 1.40. The summed E-state index contributed by atoms with van der Waals surface area (Å²) in [5, 5.41) is 8.60. The van der Waals surface area contributed by atoms with Gasteiger partial charge in [-0.25, -0.2) is 9.78 Å². The molecule has 0 spiro atoms. The zero-order valence-corrected chi connectivity index (χ0v) is 19.2. The summed E-state index contributed by atoms with van der Waals surface area (Å²) in [5.41, 5.74) is 2.32. The number of para-hydroxylation sites is 1. The van der Waals surface area contributed by atoms with Crippen molar-refractivity contribution in [2.45, 2.75) is 58.0 Å². The Hall–Kier alpha value is -2.45. The van der Waals surface area contributed by atoms with Gasteiger partial charge in [0.05, 0.1) is 13.2 Å². The molecule has 7 nitrogen and oxygen atoms in total. The fraction of sp³-hybridized carbons (Fsp3) is 0.522. The molecule has 1 fully saturated rings. The minimum absolute atomic E-state index is 0.126. The Morgan fingerprint density at radius 3 is 2.74 bits per heavy atom. The molecule has 0 unspecified atom stereocenters. The van der Waals surface area contributed by atoms with E-state index >= 15 is 0 Å². The predicted octanol–water partition coefficient (Wildman–Crippen LogP) is 4.45. The molecule has 1 aliphatic carbocycles. The van der Waals surface area contributed by atoms with Gasteiger partial charge in [0.25, 0.3) is 5.91 Å². The summed E-state index contributed by atoms with van der Waals surface area (Å²) in [4.78, 5) is 31.7. The first-order chi connectivity index (χ1) is 15.1. The molecule has 2 aromatic rings. The van der Waals surface area contributed by atoms with Gasteiger partial charge in [-0.3, -0.25) is 4.79 Å². The summed E-state index contributed by atoms with van der Waals surface area (Å²) in [6.07, 6.45) is 6.48. The number of rotatable bonds is 9. The van der Waals surface area contributed by atoms with E-state index in [9.17, 15) is 9.59 Å². The van der Waals surface area contributed by atoms with Crippen LogP contribution in [0.2, 0.25) is 0 Å². The number of methoxy groups -OCH3 is 1. The lowest BCUT2D eigenvalue weighted by molar-refractivity contribution is 0.0923. The van der Waals surface area contributed by atoms with Gasteiger partial charge in [0.2, 0.25) is 0 Å². The van der Waals surface area contributed by atoms with Crippen LogP contribution >= 0.6 is 11.3 Å². The molecule has 1 saturated carbocycles. The number of hydrogen-bond acceptors (Lipinski definition) is 5. The molecule has 1 aromatic heterocycles. The number of aryl methyl sites for hydroxylation is 1. The van der Waals surface area contributed by atoms with Crippen LogP contribution in [0, 0.1) is 0 Å². The predicted molar refractivity (Wildman–Crippen MR) is 124 cm³/mol. The van der Waals surface area contributed by atoms with E-state index in [1.807, 2.05) is 24.3 Å². The topological polar surface area (TPSA) is 83.6 Å². The standard InChI is InChI=1S/C23H32N4O3S/c1-3-17-9-7-8-12-19(17)26-23(29)27(13-14-30-2)15-21-25-20(16-31-21)22(28)24-18-10-5-4-6-11-18/h7-9,12,16,18H,3-6,10-11,13-15H2,1-2H3,(H,24,28)(H,26,29). The van der Waals surface area contributed by atoms with Gasteiger partial charge in [-0.15, -0.1) is 11.3 Å². The molecule has 1 heterocycles. The molecule has 0 aliphatic heterocycles. The number of carbonyl (C=O) groups excluding carboxylic acids is 2. The molecule has 2 N–H and O–H groups in total. The third kappa shape index (κ3) is 6.77. The van der Waals surface area contributed by atoms with Crippen LogP contribution < -0.4 is 10.6 Å². The largest absolute Gasteiger partial charge is 0.383 e. The molecule has 31 heavy (non-hydrogen) atoms. The Bertz CT molecular complexity index is 864. The van der Waals surface area contributed by atoms with E-state index in [0.29, 0.717) is 25.4 Å². The van der Waals surface area contributed by atoms with E-state index in [-0.39, 0.29) is 18.0 Å². The van der Waals surface area contributed by atoms with E-state index in [0.717, 1.165) is 48.4 Å². The highest BCUT2D eigenvalue weighted by molar-refractivity contribution is 7.09. The maximum atomic E-state index is 13.0. The highest BCUT2D eigenvalue weighted by Gasteiger charge is 2.21. The number of amides is 3. The lowest BCUT2D eigenvalue weighted by Gasteiger charge is -2.23. The highest BCUT2D eigenvalue weighted by Crippen LogP contribution is 2.20. The van der Waals surface area contributed by atoms with Crippen LogP contribution in [-0.2, 0) is 17.7 Å². The average Bonchev–Trinajstić information content (AvgIpc) is 3.26. The van der Waals surface area contributed by atoms with E-state index in [2.05, 4.69) is 22.5 Å². The van der Waals surface area contributed by atoms with Gasteiger partial charge in [-0.1, -0.05) is 44.4 Å². The molecule has 3 amide bonds. The van der Waals surface area contributed by atoms with Crippen LogP contribution in [0.1, 0.15) is 60.1 Å². The second-order valence-corrected chi connectivity index (χ2v) is 8.73. The number of aromatic nitrogens is 1. The smallest absolute Gasteiger partial charge is 0.322 e. The quantitative estimate of drug-likeness (QED) is 0.599. The van der Waals surface area contributed by atoms with Crippen molar-refractivity contribution in [1.82, 2.24) is 15.2 Å². The Morgan fingerprint density at radius 1 is 1.23 bits per heavy atom. The van der Waals surface area contributed by atoms with Gasteiger partial charge in [0, 0.05) is 30.8 Å². The van der Waals surface area contributed by atoms with Gasteiger partial charge < -0.3 is 20.3 Å². The van der Waals surface area contributed by atoms with Crippen molar-refractivity contribution in [2.75, 3.05) is 25.6 Å². The fourth-order valence-electron chi connectivity index (χ4n) is 3.76. The number of nitrogens with one attached hydrogen (secondary N) is 2. The fourth-order valence-corrected chi connectivity index (χ4v) is 4.54. The molecule has 3 rings (SSSR count). The second kappa shape index (κ2) is 11.8. The Labute approximate surface area is 188 Å². The first-order valence-electron chi connectivity index (χ1n) is 11.0. The lowest BCUT2D eigenvalue weighted by Crippen LogP contribution is -2.37. The van der Waals surface area contributed by atoms with Crippen molar-refractivity contribution in [3.05, 3.63) is 45.9 Å². The van der Waals surface area contributed by atoms with Crippen LogP contribution in [0.25, 0.3) is 0 Å². The number of anilines is 1. The van der Waals surface area contributed by atoms with E-state index < -0.39 is 0 Å². The lowest BCUT2D eigenvalue weighted by atomic mass is 9.95. The number of benzene rings is 1. The SMILES string of the molecule is CCc1ccccc1NC(=O)N(CCOC)Cc1nc(C(=O)NC2CCCCC2)cs1. The maximum Gasteiger partial charge on any atom is 0.322 e. The van der Waals surface area contributed by atoms with Crippen molar-refractivity contribution in [1.29, 1.82) is 0 Å². The molecular weight excluding hydrogens is 412 g/mol. The zero-order chi connectivity index (χ0) is 22.1. The van der Waals surface area contributed by atoms with Crippen molar-refractivity contribution in [3.63, 3.8) is 0 Å². The Kier molecular flexibility index (Phi) is 8.85. The molecular formula is C23H32N4O3S. The monoisotopic (exact) mass is 444 g/mol. The Balaban J connectivity index is 1.63. The van der Waals surface area contributed by atoms with Crippen LogP contribution in [-0.4, -0.2) is 48.1 Å². The number of hydrogen-bond donors (Lipinski definition) is 2. The summed E-state index contributed by atoms with van der Waals surface area (Å²) in [7, 11) is 1.61. The van der Waals surface area contributed by atoms with Crippen molar-refractivity contribution < 1.29 is 14.3 Å². The van der Waals surface area contributed by atoms with Gasteiger partial charge in [-0.2, -0.15) is 0 Å². The summed E-state index contributed by atoms with van der Waals surface area (Å²) in [6.45, 7) is 3.23. The molecule has 1 aromatic carbocycles. The molecule has 168 valence electrons. The van der Waals surface area contributed by atoms with Crippen molar-refractivity contribution in [3.8, 4) is 0 Å². The van der Waals surface area contributed by atoms with Crippen molar-refractivity contribution in [2.24, 2.45) is 0 Å². The zero-order valence-electron chi connectivity index (χ0n) is 18.4. The third-order valence-electron chi connectivity index (χ3n) is 5.54. The number of urea groups is 1. The number of ether oxygens (including phenoxy) is 1. The van der Waals surface area contributed by atoms with Crippen molar-refractivity contribution >= 4 is 29.0 Å². The van der Waals surface area contributed by atoms with Crippen LogP contribution in [0.15, 0.2) is 29.6 Å². The van der Waals surface area contributed by atoms with Gasteiger partial charge in [0.1, 0.15) is 10.7 Å². The Morgan fingerprint density at radius 2 is 2.00 bits per heavy atom. The summed E-state index contributed by atoms with van der Waals surface area (Å²) in [5.74, 6) is -0.126. The molecule has 0 radical (unpaired) electrons. The molecule has 0 bridgehead atoms. The second-order valence-electron chi connectivity index (χ2n) is 7.79. The third-order valence-corrected chi connectivity index (χ3v) is 6.38. The van der Waals surface area contributed by atoms with E-state index in [1.54, 1.807) is 17.4 Å². The molecule has 0 atom stereocenters. The summed E-state index contributed by atoms with van der Waals surface area (Å²) < 4.78 is 5.18. The van der Waals surface area contributed by atoms with Crippen LogP contribution in [0.3, 0.4) is 0 Å². The normalized spacial score (nSPS) is 14.3. The molecule has 0 saturated heterocycles. The van der Waals surface area contributed by atoms with Gasteiger partial charge in [0.15, 0.2) is 0 Å². The number of thiazole rings is 1. The minimum atomic E-state index is -0.207. The van der Waals surface area contributed by atoms with Crippen LogP contribution in [0.5, 0.6) is 0 Å². The average molecular weight is 445 g/mol. The maximum absolute atomic E-state index is 13.0. The highest BCUT2D eigenvalue weighted by atomic mass is 32.1. The van der Waals surface area contributed by atoms with E-state index in [4.69, 9.17) is 4.74 Å². The first kappa shape index (κ1) is 23.2. The van der Waals surface area contributed by atoms with Crippen LogP contribution in [0.4, 0.5) is 10.5 Å². The molecule has 8 heteroatoms. The van der Waals surface area contributed by atoms with Gasteiger partial charge >= 0.3 is 6.03 Å². The van der Waals surface area contributed by atoms with Gasteiger partial charge in [-0.05, 0) is 30.9 Å². The minimum Gasteiger partial charge on any atom is -0.383 e. The first-order valence-corrected chi connectivity index (χ1v) is 11.9. The molecule has 1 aliphatic rings. The number of carbonyl (C=O) groups is 2. The number of nitrogens with zero attached hydrogens (tertiary/aromatic N) is 2.